The number of rotatable bonds is 6. The van der Waals surface area contributed by atoms with Gasteiger partial charge in [-0.3, -0.25) is 4.79 Å². The molecule has 116 valence electrons. The van der Waals surface area contributed by atoms with Crippen LogP contribution in [0.1, 0.15) is 21.0 Å². The number of thiophene rings is 1. The summed E-state index contributed by atoms with van der Waals surface area (Å²) >= 11 is 1.23. The van der Waals surface area contributed by atoms with E-state index in [1.165, 1.54) is 25.4 Å². The summed E-state index contributed by atoms with van der Waals surface area (Å²) in [5.41, 5.74) is 0. The van der Waals surface area contributed by atoms with E-state index in [0.717, 1.165) is 9.18 Å². The molecule has 1 amide bonds. The fourth-order valence-corrected chi connectivity index (χ4v) is 2.82. The van der Waals surface area contributed by atoms with Gasteiger partial charge in [0.15, 0.2) is 0 Å². The van der Waals surface area contributed by atoms with Crippen molar-refractivity contribution in [2.45, 2.75) is 6.42 Å². The first-order valence-electron chi connectivity index (χ1n) is 6.25. The minimum atomic E-state index is -3.31. The van der Waals surface area contributed by atoms with Gasteiger partial charge in [-0.25, -0.2) is 12.7 Å². The first-order chi connectivity index (χ1) is 9.86. The lowest BCUT2D eigenvalue weighted by atomic mass is 10.4. The van der Waals surface area contributed by atoms with Crippen molar-refractivity contribution in [2.75, 3.05) is 33.0 Å². The summed E-state index contributed by atoms with van der Waals surface area (Å²) in [6.45, 7) is 0.0643. The largest absolute Gasteiger partial charge is 0.395 e. The van der Waals surface area contributed by atoms with Crippen LogP contribution in [-0.4, -0.2) is 56.7 Å². The predicted molar refractivity (Wildman–Crippen MR) is 82.7 cm³/mol. The van der Waals surface area contributed by atoms with E-state index in [0.29, 0.717) is 11.3 Å². The molecule has 0 radical (unpaired) electrons. The number of carbonyl (C=O) groups excluding carboxylic acids is 1. The van der Waals surface area contributed by atoms with Crippen molar-refractivity contribution in [1.29, 1.82) is 0 Å². The minimum absolute atomic E-state index is 0.00602. The number of carbonyl (C=O) groups is 1. The molecule has 0 spiro atoms. The van der Waals surface area contributed by atoms with Gasteiger partial charge in [0, 0.05) is 27.1 Å². The van der Waals surface area contributed by atoms with E-state index in [1.807, 2.05) is 0 Å². The number of hydrogen-bond donors (Lipinski definition) is 2. The Kier molecular flexibility index (Phi) is 6.84. The predicted octanol–water partition coefficient (Wildman–Crippen LogP) is 0.103. The first kappa shape index (κ1) is 17.7. The molecule has 0 aliphatic carbocycles. The number of hydrogen-bond acceptors (Lipinski definition) is 5. The highest BCUT2D eigenvalue weighted by molar-refractivity contribution is 7.89. The highest BCUT2D eigenvalue weighted by atomic mass is 32.2. The minimum Gasteiger partial charge on any atom is -0.395 e. The number of nitrogens with zero attached hydrogens (tertiary/aromatic N) is 1. The van der Waals surface area contributed by atoms with Gasteiger partial charge in [-0.1, -0.05) is 11.8 Å². The number of aliphatic hydroxyl groups excluding tert-OH is 1. The molecule has 1 aromatic heterocycles. The van der Waals surface area contributed by atoms with Crippen LogP contribution in [0.25, 0.3) is 0 Å². The van der Waals surface area contributed by atoms with Gasteiger partial charge in [-0.15, -0.1) is 11.3 Å². The lowest BCUT2D eigenvalue weighted by molar-refractivity contribution is 0.0960. The lowest BCUT2D eigenvalue weighted by Crippen LogP contribution is -2.33. The fourth-order valence-electron chi connectivity index (χ4n) is 1.30. The van der Waals surface area contributed by atoms with Crippen LogP contribution in [0.4, 0.5) is 0 Å². The van der Waals surface area contributed by atoms with E-state index in [4.69, 9.17) is 5.11 Å². The standard InChI is InChI=1S/C13H18N2O4S2/c1-15(2)21(18,19)10-8-14-13(17)12-7-6-11(20-12)5-3-4-9-16/h6-7,16H,4,8-10H2,1-2H3,(H,14,17). The molecule has 0 bridgehead atoms. The van der Waals surface area contributed by atoms with Crippen LogP contribution in [0.3, 0.4) is 0 Å². The van der Waals surface area contributed by atoms with Crippen molar-refractivity contribution < 1.29 is 18.3 Å². The zero-order valence-electron chi connectivity index (χ0n) is 11.9. The smallest absolute Gasteiger partial charge is 0.261 e. The Hall–Kier alpha value is -1.40. The fraction of sp³-hybridized carbons (Fsp3) is 0.462. The summed E-state index contributed by atoms with van der Waals surface area (Å²) in [5, 5.41) is 11.2. The number of nitrogens with one attached hydrogen (secondary N) is 1. The van der Waals surface area contributed by atoms with Crippen molar-refractivity contribution in [3.05, 3.63) is 21.9 Å². The molecular formula is C13H18N2O4S2. The summed E-state index contributed by atoms with van der Waals surface area (Å²) in [5.74, 6) is 5.16. The van der Waals surface area contributed by atoms with Gasteiger partial charge in [-0.2, -0.15) is 0 Å². The highest BCUT2D eigenvalue weighted by Crippen LogP contribution is 2.15. The monoisotopic (exact) mass is 330 g/mol. The third kappa shape index (κ3) is 5.85. The van der Waals surface area contributed by atoms with Gasteiger partial charge in [0.25, 0.3) is 5.91 Å². The van der Waals surface area contributed by atoms with Gasteiger partial charge in [0.1, 0.15) is 0 Å². The number of amides is 1. The summed E-state index contributed by atoms with van der Waals surface area (Å²) in [6.07, 6.45) is 0.391. The zero-order valence-corrected chi connectivity index (χ0v) is 13.6. The number of sulfonamides is 1. The lowest BCUT2D eigenvalue weighted by Gasteiger charge is -2.11. The summed E-state index contributed by atoms with van der Waals surface area (Å²) in [6, 6.07) is 3.37. The molecule has 0 aliphatic heterocycles. The molecule has 0 unspecified atom stereocenters. The Labute approximate surface area is 128 Å². The maximum atomic E-state index is 11.8. The number of aliphatic hydroxyl groups is 1. The molecule has 21 heavy (non-hydrogen) atoms. The van der Waals surface area contributed by atoms with Crippen LogP contribution in [0, 0.1) is 11.8 Å². The van der Waals surface area contributed by atoms with Crippen LogP contribution in [0.15, 0.2) is 12.1 Å². The summed E-state index contributed by atoms with van der Waals surface area (Å²) < 4.78 is 24.2. The molecule has 6 nitrogen and oxygen atoms in total. The van der Waals surface area contributed by atoms with Crippen LogP contribution in [0.5, 0.6) is 0 Å². The van der Waals surface area contributed by atoms with Gasteiger partial charge >= 0.3 is 0 Å². The average Bonchev–Trinajstić information content (AvgIpc) is 2.87. The molecular weight excluding hydrogens is 312 g/mol. The maximum Gasteiger partial charge on any atom is 0.261 e. The molecule has 0 saturated carbocycles. The van der Waals surface area contributed by atoms with Crippen LogP contribution >= 0.6 is 11.3 Å². The van der Waals surface area contributed by atoms with Crippen LogP contribution < -0.4 is 5.32 Å². The second kappa shape index (κ2) is 8.14. The molecule has 1 aromatic rings. The SMILES string of the molecule is CN(C)S(=O)(=O)CCNC(=O)c1ccc(C#CCCO)s1. The van der Waals surface area contributed by atoms with E-state index < -0.39 is 10.0 Å². The second-order valence-electron chi connectivity index (χ2n) is 4.29. The second-order valence-corrected chi connectivity index (χ2v) is 7.68. The third-order valence-corrected chi connectivity index (χ3v) is 5.31. The van der Waals surface area contributed by atoms with Crippen molar-refractivity contribution in [3.63, 3.8) is 0 Å². The molecule has 0 aliphatic rings. The molecule has 2 N–H and O–H groups in total. The van der Waals surface area contributed by atoms with Gasteiger partial charge < -0.3 is 10.4 Å². The Morgan fingerprint density at radius 2 is 2.14 bits per heavy atom. The Bertz CT molecular complexity index is 639. The quantitative estimate of drug-likeness (QED) is 0.725. The van der Waals surface area contributed by atoms with Crippen molar-refractivity contribution in [1.82, 2.24) is 9.62 Å². The molecule has 8 heteroatoms. The Morgan fingerprint density at radius 3 is 2.76 bits per heavy atom. The van der Waals surface area contributed by atoms with Crippen LogP contribution in [-0.2, 0) is 10.0 Å². The normalized spacial score (nSPS) is 11.0. The van der Waals surface area contributed by atoms with E-state index in [9.17, 15) is 13.2 Å². The molecule has 0 fully saturated rings. The molecule has 1 heterocycles. The van der Waals surface area contributed by atoms with Crippen LogP contribution in [0.2, 0.25) is 0 Å². The molecule has 0 aromatic carbocycles. The van der Waals surface area contributed by atoms with Crippen molar-refractivity contribution >= 4 is 27.3 Å². The topological polar surface area (TPSA) is 86.7 Å². The summed E-state index contributed by atoms with van der Waals surface area (Å²) in [4.78, 5) is 13.1. The molecule has 0 atom stereocenters. The van der Waals surface area contributed by atoms with E-state index in [-0.39, 0.29) is 24.8 Å². The first-order valence-corrected chi connectivity index (χ1v) is 8.67. The van der Waals surface area contributed by atoms with Gasteiger partial charge in [-0.05, 0) is 12.1 Å². The molecule has 1 rings (SSSR count). The Morgan fingerprint density at radius 1 is 1.43 bits per heavy atom. The highest BCUT2D eigenvalue weighted by Gasteiger charge is 2.14. The summed E-state index contributed by atoms with van der Waals surface area (Å²) in [7, 11) is -0.406. The van der Waals surface area contributed by atoms with E-state index in [1.54, 1.807) is 12.1 Å². The van der Waals surface area contributed by atoms with Crippen molar-refractivity contribution in [2.24, 2.45) is 0 Å². The maximum absolute atomic E-state index is 11.8. The van der Waals surface area contributed by atoms with Gasteiger partial charge in [0.2, 0.25) is 10.0 Å². The van der Waals surface area contributed by atoms with Crippen molar-refractivity contribution in [3.8, 4) is 11.8 Å². The van der Waals surface area contributed by atoms with E-state index >= 15 is 0 Å². The Balaban J connectivity index is 2.52. The third-order valence-electron chi connectivity index (χ3n) is 2.48. The average molecular weight is 330 g/mol. The van der Waals surface area contributed by atoms with E-state index in [2.05, 4.69) is 17.2 Å². The van der Waals surface area contributed by atoms with Gasteiger partial charge in [0.05, 0.1) is 22.1 Å². The molecule has 0 saturated heterocycles. The zero-order chi connectivity index (χ0) is 15.9.